The second-order valence-electron chi connectivity index (χ2n) is 5.92. The quantitative estimate of drug-likeness (QED) is 0.448. The molecule has 11 heteroatoms. The van der Waals surface area contributed by atoms with E-state index in [0.29, 0.717) is 22.3 Å². The minimum absolute atomic E-state index is 0.0295. The summed E-state index contributed by atoms with van der Waals surface area (Å²) in [4.78, 5) is 36.4. The summed E-state index contributed by atoms with van der Waals surface area (Å²) in [5, 5.41) is 16.7. The van der Waals surface area contributed by atoms with Gasteiger partial charge in [0, 0.05) is 11.8 Å². The number of hydrogen-bond donors (Lipinski definition) is 2. The van der Waals surface area contributed by atoms with Gasteiger partial charge in [-0.2, -0.15) is 0 Å². The molecule has 0 fully saturated rings. The van der Waals surface area contributed by atoms with Crippen LogP contribution in [0.2, 0.25) is 15.1 Å². The maximum atomic E-state index is 12.3. The Balaban J connectivity index is 1.97. The lowest BCUT2D eigenvalue weighted by Crippen LogP contribution is -2.38. The molecule has 0 saturated heterocycles. The third-order valence-electron chi connectivity index (χ3n) is 3.84. The third kappa shape index (κ3) is 6.57. The molecule has 29 heavy (non-hydrogen) atoms. The van der Waals surface area contributed by atoms with Crippen molar-refractivity contribution >= 4 is 63.7 Å². The van der Waals surface area contributed by atoms with Crippen LogP contribution >= 0.6 is 34.8 Å². The van der Waals surface area contributed by atoms with Gasteiger partial charge in [-0.1, -0.05) is 47.8 Å². The van der Waals surface area contributed by atoms with Crippen molar-refractivity contribution in [1.29, 1.82) is 0 Å². The van der Waals surface area contributed by atoms with E-state index in [0.717, 1.165) is 0 Å². The molecule has 154 valence electrons. The number of nitro groups is 1. The van der Waals surface area contributed by atoms with E-state index in [9.17, 15) is 19.7 Å². The molecule has 2 aromatic rings. The van der Waals surface area contributed by atoms with E-state index < -0.39 is 16.7 Å². The summed E-state index contributed by atoms with van der Waals surface area (Å²) >= 11 is 17.8. The van der Waals surface area contributed by atoms with E-state index in [2.05, 4.69) is 10.6 Å². The number of halogens is 3. The number of nitro benzene ring substituents is 1. The molecule has 0 aliphatic rings. The van der Waals surface area contributed by atoms with Crippen molar-refractivity contribution < 1.29 is 14.5 Å². The van der Waals surface area contributed by atoms with Gasteiger partial charge in [-0.05, 0) is 30.8 Å². The molecule has 0 aromatic heterocycles. The molecule has 0 radical (unpaired) electrons. The zero-order valence-corrected chi connectivity index (χ0v) is 17.5. The van der Waals surface area contributed by atoms with Crippen molar-refractivity contribution in [1.82, 2.24) is 4.90 Å². The highest BCUT2D eigenvalue weighted by atomic mass is 35.5. The minimum Gasteiger partial charge on any atom is -0.325 e. The Kier molecular flexibility index (Phi) is 8.21. The van der Waals surface area contributed by atoms with Gasteiger partial charge in [-0.3, -0.25) is 24.6 Å². The van der Waals surface area contributed by atoms with Crippen LogP contribution in [0.3, 0.4) is 0 Å². The minimum atomic E-state index is -0.638. The van der Waals surface area contributed by atoms with Crippen LogP contribution in [0.25, 0.3) is 0 Å². The Morgan fingerprint density at radius 1 is 1.00 bits per heavy atom. The van der Waals surface area contributed by atoms with Crippen molar-refractivity contribution in [2.45, 2.75) is 6.92 Å². The first-order valence-corrected chi connectivity index (χ1v) is 9.54. The molecule has 0 atom stereocenters. The summed E-state index contributed by atoms with van der Waals surface area (Å²) in [5.74, 6) is -0.830. The van der Waals surface area contributed by atoms with Crippen LogP contribution in [0.4, 0.5) is 17.1 Å². The van der Waals surface area contributed by atoms with Crippen molar-refractivity contribution in [2.75, 3.05) is 30.3 Å². The van der Waals surface area contributed by atoms with E-state index in [4.69, 9.17) is 34.8 Å². The Bertz CT molecular complexity index is 919. The number of nitrogens with one attached hydrogen (secondary N) is 2. The van der Waals surface area contributed by atoms with Gasteiger partial charge in [0.1, 0.15) is 5.02 Å². The molecular formula is C18H17Cl3N4O4. The average molecular weight is 460 g/mol. The van der Waals surface area contributed by atoms with Crippen LogP contribution in [-0.4, -0.2) is 41.3 Å². The van der Waals surface area contributed by atoms with Gasteiger partial charge in [0.25, 0.3) is 5.69 Å². The third-order valence-corrected chi connectivity index (χ3v) is 4.78. The Morgan fingerprint density at radius 2 is 1.59 bits per heavy atom. The van der Waals surface area contributed by atoms with Gasteiger partial charge < -0.3 is 10.6 Å². The second-order valence-corrected chi connectivity index (χ2v) is 7.14. The van der Waals surface area contributed by atoms with E-state index in [1.807, 2.05) is 0 Å². The first-order valence-electron chi connectivity index (χ1n) is 8.41. The summed E-state index contributed by atoms with van der Waals surface area (Å²) < 4.78 is 0. The number of nitrogens with zero attached hydrogens (tertiary/aromatic N) is 2. The SMILES string of the molecule is CCN(CC(=O)Nc1ccc(Cl)c([N+](=O)[O-])c1)CC(=O)Nc1c(Cl)cccc1Cl. The Hall–Kier alpha value is -2.39. The summed E-state index contributed by atoms with van der Waals surface area (Å²) in [6.45, 7) is 2.02. The number of rotatable bonds is 8. The molecule has 2 amide bonds. The predicted octanol–water partition coefficient (Wildman–Crippen LogP) is 4.45. The molecular weight excluding hydrogens is 443 g/mol. The zero-order valence-electron chi connectivity index (χ0n) is 15.2. The maximum absolute atomic E-state index is 12.3. The average Bonchev–Trinajstić information content (AvgIpc) is 2.65. The molecule has 0 unspecified atom stereocenters. The molecule has 2 N–H and O–H groups in total. The van der Waals surface area contributed by atoms with E-state index in [1.165, 1.54) is 18.2 Å². The second kappa shape index (κ2) is 10.4. The first kappa shape index (κ1) is 22.9. The lowest BCUT2D eigenvalue weighted by molar-refractivity contribution is -0.384. The van der Waals surface area contributed by atoms with E-state index >= 15 is 0 Å². The number of hydrogen-bond acceptors (Lipinski definition) is 5. The van der Waals surface area contributed by atoms with Crippen LogP contribution in [0.15, 0.2) is 36.4 Å². The highest BCUT2D eigenvalue weighted by Crippen LogP contribution is 2.30. The van der Waals surface area contributed by atoms with Crippen LogP contribution in [0.5, 0.6) is 0 Å². The fraction of sp³-hybridized carbons (Fsp3) is 0.222. The summed E-state index contributed by atoms with van der Waals surface area (Å²) in [5.41, 5.74) is 0.220. The molecule has 2 aromatic carbocycles. The fourth-order valence-corrected chi connectivity index (χ4v) is 3.09. The number of anilines is 2. The number of carbonyl (C=O) groups is 2. The van der Waals surface area contributed by atoms with Gasteiger partial charge in [0.15, 0.2) is 0 Å². The standard InChI is InChI=1S/C18H17Cl3N4O4/c1-2-24(10-17(27)23-18-13(20)4-3-5-14(18)21)9-16(26)22-11-6-7-12(19)15(8-11)25(28)29/h3-8H,2,9-10H2,1H3,(H,22,26)(H,23,27). The van der Waals surface area contributed by atoms with Crippen LogP contribution < -0.4 is 10.6 Å². The van der Waals surface area contributed by atoms with Gasteiger partial charge in [-0.25, -0.2) is 0 Å². The fourth-order valence-electron chi connectivity index (χ4n) is 2.41. The van der Waals surface area contributed by atoms with Gasteiger partial charge in [-0.15, -0.1) is 0 Å². The van der Waals surface area contributed by atoms with E-state index in [-0.39, 0.29) is 29.5 Å². The summed E-state index contributed by atoms with van der Waals surface area (Å²) in [7, 11) is 0. The predicted molar refractivity (Wildman–Crippen MR) is 114 cm³/mol. The smallest absolute Gasteiger partial charge is 0.289 e. The molecule has 0 bridgehead atoms. The molecule has 0 aliphatic carbocycles. The van der Waals surface area contributed by atoms with Crippen molar-refractivity contribution in [3.63, 3.8) is 0 Å². The zero-order chi connectivity index (χ0) is 21.6. The largest absolute Gasteiger partial charge is 0.325 e. The highest BCUT2D eigenvalue weighted by Gasteiger charge is 2.17. The van der Waals surface area contributed by atoms with Crippen molar-refractivity contribution in [2.24, 2.45) is 0 Å². The maximum Gasteiger partial charge on any atom is 0.289 e. The van der Waals surface area contributed by atoms with Crippen molar-refractivity contribution in [3.05, 3.63) is 61.6 Å². The number of carbonyl (C=O) groups excluding carboxylic acids is 2. The highest BCUT2D eigenvalue weighted by molar-refractivity contribution is 6.39. The number of likely N-dealkylation sites (N-methyl/N-ethyl adjacent to an activating group) is 1. The lowest BCUT2D eigenvalue weighted by atomic mass is 10.2. The van der Waals surface area contributed by atoms with Crippen molar-refractivity contribution in [3.8, 4) is 0 Å². The Morgan fingerprint density at radius 3 is 2.14 bits per heavy atom. The van der Waals surface area contributed by atoms with Gasteiger partial charge in [0.2, 0.25) is 11.8 Å². The molecule has 8 nitrogen and oxygen atoms in total. The van der Waals surface area contributed by atoms with Gasteiger partial charge >= 0.3 is 0 Å². The first-order chi connectivity index (χ1) is 13.7. The van der Waals surface area contributed by atoms with Gasteiger partial charge in [0.05, 0.1) is 33.7 Å². The van der Waals surface area contributed by atoms with E-state index in [1.54, 1.807) is 30.0 Å². The normalized spacial score (nSPS) is 10.7. The molecule has 0 heterocycles. The van der Waals surface area contributed by atoms with Crippen LogP contribution in [0, 0.1) is 10.1 Å². The van der Waals surface area contributed by atoms with Crippen LogP contribution in [-0.2, 0) is 9.59 Å². The Labute approximate surface area is 181 Å². The molecule has 0 spiro atoms. The lowest BCUT2D eigenvalue weighted by Gasteiger charge is -2.20. The topological polar surface area (TPSA) is 105 Å². The molecule has 2 rings (SSSR count). The number of para-hydroxylation sites is 1. The molecule has 0 saturated carbocycles. The number of benzene rings is 2. The van der Waals surface area contributed by atoms with Crippen LogP contribution in [0.1, 0.15) is 6.92 Å². The summed E-state index contributed by atoms with van der Waals surface area (Å²) in [6, 6.07) is 8.80. The molecule has 0 aliphatic heterocycles. The monoisotopic (exact) mass is 458 g/mol. The summed E-state index contributed by atoms with van der Waals surface area (Å²) in [6.07, 6.45) is 0. The number of amides is 2.